The highest BCUT2D eigenvalue weighted by Crippen LogP contribution is 2.29. The van der Waals surface area contributed by atoms with Gasteiger partial charge in [0.05, 0.1) is 25.3 Å². The van der Waals surface area contributed by atoms with Crippen LogP contribution in [0.3, 0.4) is 0 Å². The second kappa shape index (κ2) is 7.83. The third-order valence-corrected chi connectivity index (χ3v) is 3.96. The first kappa shape index (κ1) is 15.6. The molecule has 2 atom stereocenters. The number of aliphatic carboxylic acids is 1. The minimum Gasteiger partial charge on any atom is -0.481 e. The van der Waals surface area contributed by atoms with Crippen molar-refractivity contribution < 1.29 is 19.1 Å². The van der Waals surface area contributed by atoms with Crippen molar-refractivity contribution in [2.45, 2.75) is 32.2 Å². The van der Waals surface area contributed by atoms with Crippen LogP contribution in [0.1, 0.15) is 31.4 Å². The van der Waals surface area contributed by atoms with Gasteiger partial charge in [-0.05, 0) is 37.4 Å². The monoisotopic (exact) mass is 294 g/mol. The Bertz CT molecular complexity index is 458. The average molecular weight is 294 g/mol. The van der Waals surface area contributed by atoms with Gasteiger partial charge in [0.25, 0.3) is 0 Å². The van der Waals surface area contributed by atoms with Crippen LogP contribution < -0.4 is 10.6 Å². The lowest BCUT2D eigenvalue weighted by Gasteiger charge is -2.28. The fourth-order valence-corrected chi connectivity index (χ4v) is 2.81. The van der Waals surface area contributed by atoms with Crippen molar-refractivity contribution >= 4 is 11.9 Å². The molecule has 0 aliphatic heterocycles. The van der Waals surface area contributed by atoms with Crippen LogP contribution >= 0.6 is 0 Å². The number of hydrogen-bond donors (Lipinski definition) is 3. The van der Waals surface area contributed by atoms with Gasteiger partial charge in [-0.25, -0.2) is 0 Å². The quantitative estimate of drug-likeness (QED) is 0.706. The third-order valence-electron chi connectivity index (χ3n) is 3.96. The molecule has 0 bridgehead atoms. The third kappa shape index (κ3) is 4.90. The second-order valence-corrected chi connectivity index (χ2v) is 5.48. The zero-order valence-corrected chi connectivity index (χ0v) is 12.0. The van der Waals surface area contributed by atoms with E-state index in [1.165, 1.54) is 0 Å². The van der Waals surface area contributed by atoms with E-state index in [0.29, 0.717) is 18.8 Å². The molecule has 1 aliphatic rings. The van der Waals surface area contributed by atoms with Crippen molar-refractivity contribution in [2.75, 3.05) is 13.1 Å². The van der Waals surface area contributed by atoms with Gasteiger partial charge in [0.2, 0.25) is 5.91 Å². The molecule has 6 nitrogen and oxygen atoms in total. The molecule has 1 aromatic heterocycles. The molecule has 0 aromatic carbocycles. The van der Waals surface area contributed by atoms with E-state index in [1.54, 1.807) is 18.4 Å². The second-order valence-electron chi connectivity index (χ2n) is 5.48. The van der Waals surface area contributed by atoms with Crippen molar-refractivity contribution in [3.63, 3.8) is 0 Å². The normalized spacial score (nSPS) is 21.9. The van der Waals surface area contributed by atoms with E-state index in [9.17, 15) is 14.7 Å². The van der Waals surface area contributed by atoms with Gasteiger partial charge >= 0.3 is 5.97 Å². The van der Waals surface area contributed by atoms with Gasteiger partial charge in [0.15, 0.2) is 0 Å². The largest absolute Gasteiger partial charge is 0.481 e. The standard InChI is InChI=1S/C15H22N2O4/c18-14(17-9-12-5-3-7-21-12)10-16-8-11-4-1-2-6-13(11)15(19)20/h3,5,7,11,13,16H,1-2,4,6,8-10H2,(H,17,18)(H,19,20). The summed E-state index contributed by atoms with van der Waals surface area (Å²) >= 11 is 0. The summed E-state index contributed by atoms with van der Waals surface area (Å²) in [5.74, 6) is -0.286. The van der Waals surface area contributed by atoms with Gasteiger partial charge in [-0.3, -0.25) is 9.59 Å². The number of carbonyl (C=O) groups is 2. The van der Waals surface area contributed by atoms with Gasteiger partial charge in [-0.1, -0.05) is 12.8 Å². The van der Waals surface area contributed by atoms with E-state index in [-0.39, 0.29) is 24.3 Å². The lowest BCUT2D eigenvalue weighted by Crippen LogP contribution is -2.39. The molecule has 6 heteroatoms. The highest BCUT2D eigenvalue weighted by atomic mass is 16.4. The Labute approximate surface area is 123 Å². The summed E-state index contributed by atoms with van der Waals surface area (Å²) in [5.41, 5.74) is 0. The fourth-order valence-electron chi connectivity index (χ4n) is 2.81. The van der Waals surface area contributed by atoms with Crippen molar-refractivity contribution in [3.8, 4) is 0 Å². The molecule has 1 aliphatic carbocycles. The zero-order chi connectivity index (χ0) is 15.1. The van der Waals surface area contributed by atoms with Crippen LogP contribution in [0.2, 0.25) is 0 Å². The van der Waals surface area contributed by atoms with Crippen LogP contribution in [0, 0.1) is 11.8 Å². The van der Waals surface area contributed by atoms with Crippen LogP contribution in [0.5, 0.6) is 0 Å². The van der Waals surface area contributed by atoms with Crippen LogP contribution in [-0.2, 0) is 16.1 Å². The molecule has 0 spiro atoms. The Balaban J connectivity index is 1.65. The number of carbonyl (C=O) groups excluding carboxylic acids is 1. The van der Waals surface area contributed by atoms with E-state index in [4.69, 9.17) is 4.42 Å². The first-order valence-electron chi connectivity index (χ1n) is 7.39. The molecule has 2 unspecified atom stereocenters. The number of hydrogen-bond acceptors (Lipinski definition) is 4. The smallest absolute Gasteiger partial charge is 0.306 e. The van der Waals surface area contributed by atoms with Gasteiger partial charge < -0.3 is 20.2 Å². The van der Waals surface area contributed by atoms with Gasteiger partial charge in [-0.2, -0.15) is 0 Å². The van der Waals surface area contributed by atoms with E-state index in [2.05, 4.69) is 10.6 Å². The first-order chi connectivity index (χ1) is 10.2. The number of carboxylic acid groups (broad SMARTS) is 1. The lowest BCUT2D eigenvalue weighted by atomic mass is 9.79. The van der Waals surface area contributed by atoms with Gasteiger partial charge in [0, 0.05) is 0 Å². The molecule has 3 N–H and O–H groups in total. The predicted molar refractivity (Wildman–Crippen MR) is 76.5 cm³/mol. The van der Waals surface area contributed by atoms with Crippen LogP contribution in [0.15, 0.2) is 22.8 Å². The highest BCUT2D eigenvalue weighted by molar-refractivity contribution is 5.77. The molecule has 2 rings (SSSR count). The lowest BCUT2D eigenvalue weighted by molar-refractivity contribution is -0.144. The Morgan fingerprint density at radius 2 is 2.14 bits per heavy atom. The molecule has 1 heterocycles. The number of amides is 1. The van der Waals surface area contributed by atoms with Crippen molar-refractivity contribution in [1.82, 2.24) is 10.6 Å². The summed E-state index contributed by atoms with van der Waals surface area (Å²) in [4.78, 5) is 22.8. The van der Waals surface area contributed by atoms with Crippen molar-refractivity contribution in [2.24, 2.45) is 11.8 Å². The maximum atomic E-state index is 11.7. The van der Waals surface area contributed by atoms with Crippen LogP contribution in [0.4, 0.5) is 0 Å². The summed E-state index contributed by atoms with van der Waals surface area (Å²) in [7, 11) is 0. The topological polar surface area (TPSA) is 91.6 Å². The Morgan fingerprint density at radius 1 is 1.33 bits per heavy atom. The Morgan fingerprint density at radius 3 is 2.86 bits per heavy atom. The summed E-state index contributed by atoms with van der Waals surface area (Å²) in [5, 5.41) is 15.0. The Hall–Kier alpha value is -1.82. The fraction of sp³-hybridized carbons (Fsp3) is 0.600. The number of rotatable bonds is 7. The Kier molecular flexibility index (Phi) is 5.80. The maximum absolute atomic E-state index is 11.7. The number of nitrogens with one attached hydrogen (secondary N) is 2. The number of furan rings is 1. The minimum absolute atomic E-state index is 0.117. The average Bonchev–Trinajstić information content (AvgIpc) is 2.99. The molecule has 0 saturated heterocycles. The molecular weight excluding hydrogens is 272 g/mol. The molecule has 1 fully saturated rings. The molecular formula is C15H22N2O4. The van der Waals surface area contributed by atoms with Crippen LogP contribution in [-0.4, -0.2) is 30.1 Å². The summed E-state index contributed by atoms with van der Waals surface area (Å²) in [6.07, 6.45) is 5.27. The van der Waals surface area contributed by atoms with Crippen molar-refractivity contribution in [1.29, 1.82) is 0 Å². The minimum atomic E-state index is -0.719. The zero-order valence-electron chi connectivity index (χ0n) is 12.0. The van der Waals surface area contributed by atoms with E-state index < -0.39 is 5.97 Å². The molecule has 116 valence electrons. The summed E-state index contributed by atoms with van der Waals surface area (Å²) in [6.45, 7) is 1.14. The van der Waals surface area contributed by atoms with Gasteiger partial charge in [-0.15, -0.1) is 0 Å². The molecule has 21 heavy (non-hydrogen) atoms. The van der Waals surface area contributed by atoms with E-state index in [0.717, 1.165) is 25.7 Å². The van der Waals surface area contributed by atoms with Crippen molar-refractivity contribution in [3.05, 3.63) is 24.2 Å². The SMILES string of the molecule is O=C(CNCC1CCCCC1C(=O)O)NCc1ccco1. The highest BCUT2D eigenvalue weighted by Gasteiger charge is 2.30. The van der Waals surface area contributed by atoms with E-state index >= 15 is 0 Å². The predicted octanol–water partition coefficient (Wildman–Crippen LogP) is 1.38. The number of carboxylic acids is 1. The summed E-state index contributed by atoms with van der Waals surface area (Å²) in [6, 6.07) is 3.57. The molecule has 0 radical (unpaired) electrons. The van der Waals surface area contributed by atoms with E-state index in [1.807, 2.05) is 0 Å². The van der Waals surface area contributed by atoms with Crippen LogP contribution in [0.25, 0.3) is 0 Å². The first-order valence-corrected chi connectivity index (χ1v) is 7.39. The molecule has 1 aromatic rings. The molecule has 1 saturated carbocycles. The molecule has 1 amide bonds. The summed E-state index contributed by atoms with van der Waals surface area (Å²) < 4.78 is 5.12. The van der Waals surface area contributed by atoms with Gasteiger partial charge in [0.1, 0.15) is 5.76 Å². The maximum Gasteiger partial charge on any atom is 0.306 e.